The fraction of sp³-hybridized carbons (Fsp3) is 0.467. The number of rotatable bonds is 3. The molecule has 0 saturated carbocycles. The highest BCUT2D eigenvalue weighted by atomic mass is 79.9. The third-order valence-electron chi connectivity index (χ3n) is 3.32. The first kappa shape index (κ1) is 15.2. The van der Waals surface area contributed by atoms with Crippen molar-refractivity contribution in [3.05, 3.63) is 27.7 Å². The first-order chi connectivity index (χ1) is 9.49. The summed E-state index contributed by atoms with van der Waals surface area (Å²) in [7, 11) is 0. The SMILES string of the molecule is CC(=O)c1cc(C)cc(Br)c1OC(=O)C1CCOCC1. The minimum Gasteiger partial charge on any atom is -0.424 e. The molecule has 0 spiro atoms. The molecule has 1 aliphatic heterocycles. The Labute approximate surface area is 126 Å². The van der Waals surface area contributed by atoms with Gasteiger partial charge in [-0.3, -0.25) is 9.59 Å². The molecule has 0 radical (unpaired) electrons. The van der Waals surface area contributed by atoms with Crippen LogP contribution in [-0.2, 0) is 9.53 Å². The maximum atomic E-state index is 12.2. The van der Waals surface area contributed by atoms with Crippen LogP contribution >= 0.6 is 15.9 Å². The molecule has 5 heteroatoms. The van der Waals surface area contributed by atoms with E-state index in [1.807, 2.05) is 13.0 Å². The maximum Gasteiger partial charge on any atom is 0.314 e. The number of esters is 1. The third-order valence-corrected chi connectivity index (χ3v) is 3.91. The number of hydrogen-bond acceptors (Lipinski definition) is 4. The molecule has 0 aliphatic carbocycles. The molecule has 0 bridgehead atoms. The second-order valence-corrected chi connectivity index (χ2v) is 5.84. The molecule has 1 heterocycles. The van der Waals surface area contributed by atoms with E-state index in [1.165, 1.54) is 6.92 Å². The lowest BCUT2D eigenvalue weighted by Gasteiger charge is -2.21. The van der Waals surface area contributed by atoms with Crippen molar-refractivity contribution in [2.45, 2.75) is 26.7 Å². The predicted molar refractivity (Wildman–Crippen MR) is 78.1 cm³/mol. The number of ketones is 1. The van der Waals surface area contributed by atoms with Gasteiger partial charge in [0.15, 0.2) is 11.5 Å². The maximum absolute atomic E-state index is 12.2. The van der Waals surface area contributed by atoms with Crippen LogP contribution in [0.5, 0.6) is 5.75 Å². The molecule has 1 saturated heterocycles. The van der Waals surface area contributed by atoms with Crippen LogP contribution < -0.4 is 4.74 Å². The second-order valence-electron chi connectivity index (χ2n) is 4.99. The Kier molecular flexibility index (Phi) is 4.94. The van der Waals surface area contributed by atoms with Gasteiger partial charge in [-0.2, -0.15) is 0 Å². The van der Waals surface area contributed by atoms with Crippen molar-refractivity contribution >= 4 is 27.7 Å². The number of carbonyl (C=O) groups excluding carboxylic acids is 2. The molecule has 20 heavy (non-hydrogen) atoms. The molecule has 0 unspecified atom stereocenters. The molecule has 1 fully saturated rings. The smallest absolute Gasteiger partial charge is 0.314 e. The van der Waals surface area contributed by atoms with E-state index in [0.29, 0.717) is 41.8 Å². The molecule has 0 aromatic heterocycles. The van der Waals surface area contributed by atoms with Crippen LogP contribution in [0.3, 0.4) is 0 Å². The summed E-state index contributed by atoms with van der Waals surface area (Å²) >= 11 is 3.36. The number of ether oxygens (including phenoxy) is 2. The zero-order valence-corrected chi connectivity index (χ0v) is 13.2. The fourth-order valence-corrected chi connectivity index (χ4v) is 2.87. The highest BCUT2D eigenvalue weighted by molar-refractivity contribution is 9.10. The van der Waals surface area contributed by atoms with Gasteiger partial charge in [-0.05, 0) is 60.3 Å². The Balaban J connectivity index is 2.23. The molecule has 1 aliphatic rings. The average molecular weight is 341 g/mol. The Hall–Kier alpha value is -1.20. The van der Waals surface area contributed by atoms with Crippen molar-refractivity contribution in [2.75, 3.05) is 13.2 Å². The van der Waals surface area contributed by atoms with Gasteiger partial charge >= 0.3 is 5.97 Å². The van der Waals surface area contributed by atoms with Crippen LogP contribution in [0.25, 0.3) is 0 Å². The van der Waals surface area contributed by atoms with Crippen LogP contribution in [0.4, 0.5) is 0 Å². The number of halogens is 1. The zero-order valence-electron chi connectivity index (χ0n) is 11.6. The van der Waals surface area contributed by atoms with Gasteiger partial charge in [0.25, 0.3) is 0 Å². The van der Waals surface area contributed by atoms with Crippen molar-refractivity contribution in [3.63, 3.8) is 0 Å². The van der Waals surface area contributed by atoms with Crippen LogP contribution in [0.2, 0.25) is 0 Å². The molecule has 0 atom stereocenters. The molecular weight excluding hydrogens is 324 g/mol. The molecular formula is C15H17BrO4. The van der Waals surface area contributed by atoms with Gasteiger partial charge in [0, 0.05) is 13.2 Å². The van der Waals surface area contributed by atoms with Crippen LogP contribution in [0.1, 0.15) is 35.7 Å². The zero-order chi connectivity index (χ0) is 14.7. The van der Waals surface area contributed by atoms with E-state index in [9.17, 15) is 9.59 Å². The van der Waals surface area contributed by atoms with E-state index in [1.54, 1.807) is 6.07 Å². The number of benzene rings is 1. The molecule has 108 valence electrons. The molecule has 1 aromatic rings. The second kappa shape index (κ2) is 6.50. The topological polar surface area (TPSA) is 52.6 Å². The monoisotopic (exact) mass is 340 g/mol. The first-order valence-corrected chi connectivity index (χ1v) is 7.39. The van der Waals surface area contributed by atoms with Crippen LogP contribution in [-0.4, -0.2) is 25.0 Å². The fourth-order valence-electron chi connectivity index (χ4n) is 2.21. The normalized spacial score (nSPS) is 15.9. The van der Waals surface area contributed by atoms with Crippen LogP contribution in [0, 0.1) is 12.8 Å². The third kappa shape index (κ3) is 3.46. The largest absolute Gasteiger partial charge is 0.424 e. The summed E-state index contributed by atoms with van der Waals surface area (Å²) in [6.45, 7) is 4.51. The van der Waals surface area contributed by atoms with Gasteiger partial charge < -0.3 is 9.47 Å². The van der Waals surface area contributed by atoms with E-state index < -0.39 is 0 Å². The molecule has 0 N–H and O–H groups in total. The van der Waals surface area contributed by atoms with Gasteiger partial charge in [0.2, 0.25) is 0 Å². The molecule has 4 nitrogen and oxygen atoms in total. The van der Waals surface area contributed by atoms with Crippen molar-refractivity contribution in [3.8, 4) is 5.75 Å². The van der Waals surface area contributed by atoms with E-state index in [4.69, 9.17) is 9.47 Å². The molecule has 0 amide bonds. The Morgan fingerprint density at radius 1 is 1.30 bits per heavy atom. The first-order valence-electron chi connectivity index (χ1n) is 6.59. The summed E-state index contributed by atoms with van der Waals surface area (Å²) in [5.41, 5.74) is 1.37. The number of aryl methyl sites for hydroxylation is 1. The standard InChI is InChI=1S/C15H17BrO4/c1-9-7-12(10(2)17)14(13(16)8-9)20-15(18)11-3-5-19-6-4-11/h7-8,11H,3-6H2,1-2H3. The van der Waals surface area contributed by atoms with Gasteiger partial charge in [0.05, 0.1) is 16.0 Å². The molecule has 2 rings (SSSR count). The van der Waals surface area contributed by atoms with Crippen LogP contribution in [0.15, 0.2) is 16.6 Å². The Morgan fingerprint density at radius 2 is 1.95 bits per heavy atom. The lowest BCUT2D eigenvalue weighted by atomic mass is 10.0. The summed E-state index contributed by atoms with van der Waals surface area (Å²) < 4.78 is 11.3. The van der Waals surface area contributed by atoms with Crippen molar-refractivity contribution in [1.82, 2.24) is 0 Å². The quantitative estimate of drug-likeness (QED) is 0.481. The highest BCUT2D eigenvalue weighted by Crippen LogP contribution is 2.32. The average Bonchev–Trinajstić information content (AvgIpc) is 2.42. The summed E-state index contributed by atoms with van der Waals surface area (Å²) in [5.74, 6) is -0.249. The van der Waals surface area contributed by atoms with E-state index in [2.05, 4.69) is 15.9 Å². The minimum absolute atomic E-state index is 0.121. The van der Waals surface area contributed by atoms with Crippen molar-refractivity contribution in [2.24, 2.45) is 5.92 Å². The van der Waals surface area contributed by atoms with E-state index in [0.717, 1.165) is 5.56 Å². The Bertz CT molecular complexity index is 533. The number of carbonyl (C=O) groups is 2. The van der Waals surface area contributed by atoms with Crippen molar-refractivity contribution in [1.29, 1.82) is 0 Å². The summed E-state index contributed by atoms with van der Waals surface area (Å²) in [6, 6.07) is 3.57. The van der Waals surface area contributed by atoms with Gasteiger partial charge in [-0.15, -0.1) is 0 Å². The Morgan fingerprint density at radius 3 is 2.55 bits per heavy atom. The summed E-state index contributed by atoms with van der Waals surface area (Å²) in [4.78, 5) is 23.9. The summed E-state index contributed by atoms with van der Waals surface area (Å²) in [5, 5.41) is 0. The highest BCUT2D eigenvalue weighted by Gasteiger charge is 2.25. The van der Waals surface area contributed by atoms with E-state index in [-0.39, 0.29) is 17.7 Å². The number of hydrogen-bond donors (Lipinski definition) is 0. The molecule has 1 aromatic carbocycles. The van der Waals surface area contributed by atoms with E-state index >= 15 is 0 Å². The minimum atomic E-state index is -0.291. The van der Waals surface area contributed by atoms with Crippen molar-refractivity contribution < 1.29 is 19.1 Å². The lowest BCUT2D eigenvalue weighted by molar-refractivity contribution is -0.142. The van der Waals surface area contributed by atoms with Gasteiger partial charge in [-0.25, -0.2) is 0 Å². The van der Waals surface area contributed by atoms with Gasteiger partial charge in [-0.1, -0.05) is 0 Å². The summed E-state index contributed by atoms with van der Waals surface area (Å²) in [6.07, 6.45) is 1.33. The predicted octanol–water partition coefficient (Wildman–Crippen LogP) is 3.29. The number of Topliss-reactive ketones (excluding diaryl/α,β-unsaturated/α-hetero) is 1. The lowest BCUT2D eigenvalue weighted by Crippen LogP contribution is -2.27. The van der Waals surface area contributed by atoms with Gasteiger partial charge in [0.1, 0.15) is 0 Å².